The van der Waals surface area contributed by atoms with E-state index in [0.29, 0.717) is 23.3 Å². The summed E-state index contributed by atoms with van der Waals surface area (Å²) in [5.74, 6) is 1.37. The number of aryl methyl sites for hydroxylation is 1. The molecule has 0 bridgehead atoms. The van der Waals surface area contributed by atoms with Gasteiger partial charge in [0.05, 0.1) is 12.5 Å². The van der Waals surface area contributed by atoms with Gasteiger partial charge in [0.1, 0.15) is 16.8 Å². The van der Waals surface area contributed by atoms with Crippen LogP contribution in [0.4, 0.5) is 5.82 Å². The van der Waals surface area contributed by atoms with Crippen molar-refractivity contribution in [2.75, 3.05) is 5.32 Å². The zero-order valence-electron chi connectivity index (χ0n) is 8.20. The molecule has 0 spiro atoms. The normalized spacial score (nSPS) is 10.3. The Kier molecular flexibility index (Phi) is 2.87. The third-order valence-corrected chi connectivity index (χ3v) is 2.05. The maximum Gasteiger partial charge on any atom is 0.134 e. The molecule has 0 atom stereocenters. The number of aromatic nitrogens is 2. The SMILES string of the molecule is Cc1nc(Cl)cc(NCc2ccoc2)n1. The predicted octanol–water partition coefficient (Wildman–Crippen LogP) is 2.64. The van der Waals surface area contributed by atoms with Crippen LogP contribution in [0.15, 0.2) is 29.1 Å². The van der Waals surface area contributed by atoms with E-state index in [1.54, 1.807) is 25.5 Å². The van der Waals surface area contributed by atoms with Crippen LogP contribution in [0.25, 0.3) is 0 Å². The molecule has 1 N–H and O–H groups in total. The van der Waals surface area contributed by atoms with Gasteiger partial charge in [0.15, 0.2) is 0 Å². The molecule has 0 amide bonds. The molecule has 0 aliphatic rings. The first-order chi connectivity index (χ1) is 7.24. The lowest BCUT2D eigenvalue weighted by Crippen LogP contribution is -2.02. The van der Waals surface area contributed by atoms with Gasteiger partial charge in [-0.1, -0.05) is 11.6 Å². The van der Waals surface area contributed by atoms with Gasteiger partial charge < -0.3 is 9.73 Å². The van der Waals surface area contributed by atoms with E-state index in [1.807, 2.05) is 6.07 Å². The average molecular weight is 224 g/mol. The van der Waals surface area contributed by atoms with Gasteiger partial charge >= 0.3 is 0 Å². The van der Waals surface area contributed by atoms with E-state index >= 15 is 0 Å². The first-order valence-corrected chi connectivity index (χ1v) is 4.88. The van der Waals surface area contributed by atoms with Crippen LogP contribution in [-0.2, 0) is 6.54 Å². The lowest BCUT2D eigenvalue weighted by Gasteiger charge is -2.04. The number of anilines is 1. The first-order valence-electron chi connectivity index (χ1n) is 4.50. The monoisotopic (exact) mass is 223 g/mol. The number of nitrogens with one attached hydrogen (secondary N) is 1. The molecule has 2 aromatic rings. The smallest absolute Gasteiger partial charge is 0.134 e. The van der Waals surface area contributed by atoms with Gasteiger partial charge in [-0.05, 0) is 13.0 Å². The number of nitrogens with zero attached hydrogens (tertiary/aromatic N) is 2. The van der Waals surface area contributed by atoms with Crippen molar-refractivity contribution >= 4 is 17.4 Å². The quantitative estimate of drug-likeness (QED) is 0.813. The highest BCUT2D eigenvalue weighted by molar-refractivity contribution is 6.29. The Bertz CT molecular complexity index is 422. The van der Waals surface area contributed by atoms with Crippen molar-refractivity contribution in [3.63, 3.8) is 0 Å². The van der Waals surface area contributed by atoms with Crippen molar-refractivity contribution in [3.05, 3.63) is 41.2 Å². The Morgan fingerprint density at radius 1 is 1.47 bits per heavy atom. The van der Waals surface area contributed by atoms with Crippen molar-refractivity contribution in [2.24, 2.45) is 0 Å². The van der Waals surface area contributed by atoms with Crippen LogP contribution in [0.2, 0.25) is 5.15 Å². The van der Waals surface area contributed by atoms with Crippen molar-refractivity contribution in [1.82, 2.24) is 9.97 Å². The molecule has 15 heavy (non-hydrogen) atoms. The molecule has 0 radical (unpaired) electrons. The Morgan fingerprint density at radius 2 is 2.33 bits per heavy atom. The van der Waals surface area contributed by atoms with E-state index in [2.05, 4.69) is 15.3 Å². The molecule has 0 saturated carbocycles. The fourth-order valence-electron chi connectivity index (χ4n) is 1.21. The number of hydrogen-bond acceptors (Lipinski definition) is 4. The summed E-state index contributed by atoms with van der Waals surface area (Å²) in [4.78, 5) is 8.17. The summed E-state index contributed by atoms with van der Waals surface area (Å²) in [5.41, 5.74) is 1.06. The zero-order chi connectivity index (χ0) is 10.7. The van der Waals surface area contributed by atoms with Crippen LogP contribution >= 0.6 is 11.6 Å². The van der Waals surface area contributed by atoms with E-state index in [-0.39, 0.29) is 0 Å². The minimum atomic E-state index is 0.442. The van der Waals surface area contributed by atoms with Crippen LogP contribution in [0, 0.1) is 6.92 Å². The topological polar surface area (TPSA) is 51.0 Å². The third-order valence-electron chi connectivity index (χ3n) is 1.86. The summed E-state index contributed by atoms with van der Waals surface area (Å²) in [7, 11) is 0. The van der Waals surface area contributed by atoms with Gasteiger partial charge in [0.2, 0.25) is 0 Å². The van der Waals surface area contributed by atoms with Crippen LogP contribution in [0.3, 0.4) is 0 Å². The lowest BCUT2D eigenvalue weighted by molar-refractivity contribution is 0.564. The van der Waals surface area contributed by atoms with Crippen molar-refractivity contribution in [3.8, 4) is 0 Å². The van der Waals surface area contributed by atoms with E-state index in [1.165, 1.54) is 0 Å². The summed E-state index contributed by atoms with van der Waals surface area (Å²) >= 11 is 5.80. The fourth-order valence-corrected chi connectivity index (χ4v) is 1.43. The van der Waals surface area contributed by atoms with Crippen LogP contribution in [0.5, 0.6) is 0 Å². The number of hydrogen-bond donors (Lipinski definition) is 1. The van der Waals surface area contributed by atoms with E-state index < -0.39 is 0 Å². The molecular formula is C10H10ClN3O. The Balaban J connectivity index is 2.05. The minimum Gasteiger partial charge on any atom is -0.472 e. The summed E-state index contributed by atoms with van der Waals surface area (Å²) in [5, 5.41) is 3.57. The molecule has 0 unspecified atom stereocenters. The summed E-state index contributed by atoms with van der Waals surface area (Å²) in [6, 6.07) is 3.58. The summed E-state index contributed by atoms with van der Waals surface area (Å²) < 4.78 is 4.95. The lowest BCUT2D eigenvalue weighted by atomic mass is 10.3. The van der Waals surface area contributed by atoms with Crippen LogP contribution in [-0.4, -0.2) is 9.97 Å². The van der Waals surface area contributed by atoms with E-state index in [9.17, 15) is 0 Å². The molecule has 0 saturated heterocycles. The summed E-state index contributed by atoms with van der Waals surface area (Å²) in [6.45, 7) is 2.46. The van der Waals surface area contributed by atoms with Gasteiger partial charge in [-0.2, -0.15) is 0 Å². The Hall–Kier alpha value is -1.55. The second kappa shape index (κ2) is 4.31. The largest absolute Gasteiger partial charge is 0.472 e. The van der Waals surface area contributed by atoms with Crippen LogP contribution < -0.4 is 5.32 Å². The third kappa shape index (κ3) is 2.70. The van der Waals surface area contributed by atoms with E-state index in [4.69, 9.17) is 16.0 Å². The Labute approximate surface area is 92.3 Å². The van der Waals surface area contributed by atoms with Gasteiger partial charge in [0.25, 0.3) is 0 Å². The molecule has 0 fully saturated rings. The standard InChI is InChI=1S/C10H10ClN3O/c1-7-13-9(11)4-10(14-7)12-5-8-2-3-15-6-8/h2-4,6H,5H2,1H3,(H,12,13,14). The van der Waals surface area contributed by atoms with Crippen molar-refractivity contribution < 1.29 is 4.42 Å². The maximum atomic E-state index is 5.80. The average Bonchev–Trinajstić information content (AvgIpc) is 2.65. The van der Waals surface area contributed by atoms with Crippen molar-refractivity contribution in [2.45, 2.75) is 13.5 Å². The molecule has 78 valence electrons. The fraction of sp³-hybridized carbons (Fsp3) is 0.200. The van der Waals surface area contributed by atoms with Crippen LogP contribution in [0.1, 0.15) is 11.4 Å². The second-order valence-corrected chi connectivity index (χ2v) is 3.50. The van der Waals surface area contributed by atoms with Gasteiger partial charge in [0, 0.05) is 18.2 Å². The van der Waals surface area contributed by atoms with E-state index in [0.717, 1.165) is 5.56 Å². The molecule has 0 aliphatic carbocycles. The first kappa shape index (κ1) is 9.98. The molecule has 2 aromatic heterocycles. The zero-order valence-corrected chi connectivity index (χ0v) is 8.95. The number of rotatable bonds is 3. The number of halogens is 1. The maximum absolute atomic E-state index is 5.80. The molecular weight excluding hydrogens is 214 g/mol. The molecule has 0 aromatic carbocycles. The summed E-state index contributed by atoms with van der Waals surface area (Å²) in [6.07, 6.45) is 3.32. The highest BCUT2D eigenvalue weighted by Gasteiger charge is 2.00. The molecule has 2 rings (SSSR count). The molecule has 4 nitrogen and oxygen atoms in total. The molecule has 5 heteroatoms. The molecule has 2 heterocycles. The molecule has 0 aliphatic heterocycles. The van der Waals surface area contributed by atoms with Gasteiger partial charge in [-0.15, -0.1) is 0 Å². The number of furan rings is 1. The Morgan fingerprint density at radius 3 is 3.00 bits per heavy atom. The van der Waals surface area contributed by atoms with Gasteiger partial charge in [-0.25, -0.2) is 9.97 Å². The highest BCUT2D eigenvalue weighted by atomic mass is 35.5. The predicted molar refractivity (Wildman–Crippen MR) is 57.8 cm³/mol. The second-order valence-electron chi connectivity index (χ2n) is 3.11. The van der Waals surface area contributed by atoms with Gasteiger partial charge in [-0.3, -0.25) is 0 Å². The highest BCUT2D eigenvalue weighted by Crippen LogP contribution is 2.12. The van der Waals surface area contributed by atoms with Crippen molar-refractivity contribution in [1.29, 1.82) is 0 Å². The minimum absolute atomic E-state index is 0.442.